The van der Waals surface area contributed by atoms with Crippen LogP contribution in [0.15, 0.2) is 18.2 Å². The largest absolute Gasteiger partial charge is 0.496 e. The van der Waals surface area contributed by atoms with Crippen LogP contribution in [0.3, 0.4) is 0 Å². The Morgan fingerprint density at radius 1 is 1.50 bits per heavy atom. The number of nitrogens with one attached hydrogen (secondary N) is 1. The second kappa shape index (κ2) is 4.77. The van der Waals surface area contributed by atoms with Crippen molar-refractivity contribution < 1.29 is 9.53 Å². The van der Waals surface area contributed by atoms with Crippen LogP contribution in [0.5, 0.6) is 5.75 Å². The summed E-state index contributed by atoms with van der Waals surface area (Å²) in [6.45, 7) is 2.26. The molecule has 1 rings (SSSR count). The maximum Gasteiger partial charge on any atom is 0.180 e. The third-order valence-electron chi connectivity index (χ3n) is 2.05. The Bertz CT molecular complexity index is 334. The van der Waals surface area contributed by atoms with Gasteiger partial charge in [0, 0.05) is 0 Å². The smallest absolute Gasteiger partial charge is 0.180 e. The molecule has 76 valence electrons. The van der Waals surface area contributed by atoms with Gasteiger partial charge in [0.05, 0.1) is 19.2 Å². The number of para-hydroxylation sites is 1. The van der Waals surface area contributed by atoms with Gasteiger partial charge in [-0.2, -0.15) is 0 Å². The first-order valence-corrected chi connectivity index (χ1v) is 4.52. The van der Waals surface area contributed by atoms with E-state index in [-0.39, 0.29) is 5.78 Å². The molecule has 0 atom stereocenters. The molecule has 0 heterocycles. The Labute approximate surface area is 84.1 Å². The number of rotatable bonds is 4. The van der Waals surface area contributed by atoms with Crippen LogP contribution in [0.25, 0.3) is 0 Å². The third kappa shape index (κ3) is 2.12. The molecule has 0 aromatic heterocycles. The number of carbonyl (C=O) groups excluding carboxylic acids is 1. The Hall–Kier alpha value is -1.35. The second-order valence-corrected chi connectivity index (χ2v) is 3.11. The highest BCUT2D eigenvalue weighted by molar-refractivity contribution is 6.00. The summed E-state index contributed by atoms with van der Waals surface area (Å²) in [7, 11) is 3.33. The predicted octanol–water partition coefficient (Wildman–Crippen LogP) is 1.41. The van der Waals surface area contributed by atoms with Crippen LogP contribution < -0.4 is 10.1 Å². The van der Waals surface area contributed by atoms with Gasteiger partial charge in [0.1, 0.15) is 5.75 Å². The number of carbonyl (C=O) groups is 1. The molecule has 0 unspecified atom stereocenters. The summed E-state index contributed by atoms with van der Waals surface area (Å²) in [5.41, 5.74) is 1.62. The highest BCUT2D eigenvalue weighted by atomic mass is 16.5. The molecule has 1 aromatic carbocycles. The molecule has 14 heavy (non-hydrogen) atoms. The normalized spacial score (nSPS) is 9.93. The van der Waals surface area contributed by atoms with Gasteiger partial charge in [-0.15, -0.1) is 0 Å². The van der Waals surface area contributed by atoms with Gasteiger partial charge < -0.3 is 10.1 Å². The lowest BCUT2D eigenvalue weighted by molar-refractivity contribution is 0.0990. The van der Waals surface area contributed by atoms with E-state index >= 15 is 0 Å². The molecule has 0 aliphatic carbocycles. The number of aryl methyl sites for hydroxylation is 1. The van der Waals surface area contributed by atoms with E-state index in [1.54, 1.807) is 20.2 Å². The van der Waals surface area contributed by atoms with E-state index in [1.807, 2.05) is 19.1 Å². The fourth-order valence-electron chi connectivity index (χ4n) is 1.40. The fourth-order valence-corrected chi connectivity index (χ4v) is 1.40. The molecule has 3 heteroatoms. The van der Waals surface area contributed by atoms with Crippen molar-refractivity contribution in [3.05, 3.63) is 29.3 Å². The summed E-state index contributed by atoms with van der Waals surface area (Å²) < 4.78 is 5.19. The van der Waals surface area contributed by atoms with E-state index in [2.05, 4.69) is 5.32 Å². The van der Waals surface area contributed by atoms with Gasteiger partial charge >= 0.3 is 0 Å². The molecule has 0 saturated carbocycles. The van der Waals surface area contributed by atoms with Crippen molar-refractivity contribution in [1.82, 2.24) is 5.32 Å². The molecule has 1 N–H and O–H groups in total. The van der Waals surface area contributed by atoms with Crippen molar-refractivity contribution in [2.45, 2.75) is 6.92 Å². The molecular weight excluding hydrogens is 178 g/mol. The molecule has 3 nitrogen and oxygen atoms in total. The maximum absolute atomic E-state index is 11.6. The van der Waals surface area contributed by atoms with Crippen molar-refractivity contribution in [1.29, 1.82) is 0 Å². The number of methoxy groups -OCH3 is 1. The van der Waals surface area contributed by atoms with Crippen molar-refractivity contribution in [2.75, 3.05) is 20.7 Å². The first-order chi connectivity index (χ1) is 6.70. The van der Waals surface area contributed by atoms with Crippen LogP contribution in [-0.4, -0.2) is 26.5 Å². The summed E-state index contributed by atoms with van der Waals surface area (Å²) in [5.74, 6) is 0.723. The number of hydrogen-bond donors (Lipinski definition) is 1. The molecule has 0 fully saturated rings. The van der Waals surface area contributed by atoms with E-state index in [4.69, 9.17) is 4.74 Å². The summed E-state index contributed by atoms with van der Waals surface area (Å²) in [4.78, 5) is 11.6. The molecule has 0 saturated heterocycles. The van der Waals surface area contributed by atoms with Gasteiger partial charge in [-0.1, -0.05) is 12.1 Å². The van der Waals surface area contributed by atoms with Crippen molar-refractivity contribution in [2.24, 2.45) is 0 Å². The summed E-state index contributed by atoms with van der Waals surface area (Å²) in [6, 6.07) is 5.57. The maximum atomic E-state index is 11.6. The van der Waals surface area contributed by atoms with Gasteiger partial charge in [-0.25, -0.2) is 0 Å². The molecule has 0 aliphatic heterocycles. The molecule has 1 aromatic rings. The van der Waals surface area contributed by atoms with E-state index in [0.717, 1.165) is 5.56 Å². The first kappa shape index (κ1) is 10.7. The van der Waals surface area contributed by atoms with Crippen LogP contribution in [-0.2, 0) is 0 Å². The summed E-state index contributed by atoms with van der Waals surface area (Å²) in [5, 5.41) is 2.83. The van der Waals surface area contributed by atoms with Crippen LogP contribution >= 0.6 is 0 Å². The number of hydrogen-bond acceptors (Lipinski definition) is 3. The number of ether oxygens (including phenoxy) is 1. The average Bonchev–Trinajstić information content (AvgIpc) is 2.17. The van der Waals surface area contributed by atoms with Gasteiger partial charge in [-0.05, 0) is 25.6 Å². The lowest BCUT2D eigenvalue weighted by Crippen LogP contribution is -2.19. The topological polar surface area (TPSA) is 38.3 Å². The highest BCUT2D eigenvalue weighted by Crippen LogP contribution is 2.22. The molecule has 0 amide bonds. The zero-order valence-electron chi connectivity index (χ0n) is 8.76. The minimum atomic E-state index is 0.0491. The number of ketones is 1. The Balaban J connectivity index is 3.07. The monoisotopic (exact) mass is 193 g/mol. The third-order valence-corrected chi connectivity index (χ3v) is 2.05. The van der Waals surface area contributed by atoms with Crippen LogP contribution in [0, 0.1) is 6.92 Å². The standard InChI is InChI=1S/C11H15NO2/c1-8-5-4-6-9(11(8)14-3)10(13)7-12-2/h4-6,12H,7H2,1-3H3. The Morgan fingerprint density at radius 2 is 2.21 bits per heavy atom. The predicted molar refractivity (Wildman–Crippen MR) is 56.0 cm³/mol. The average molecular weight is 193 g/mol. The zero-order valence-corrected chi connectivity index (χ0v) is 8.76. The minimum Gasteiger partial charge on any atom is -0.496 e. The Morgan fingerprint density at radius 3 is 2.79 bits per heavy atom. The van der Waals surface area contributed by atoms with E-state index in [9.17, 15) is 4.79 Å². The highest BCUT2D eigenvalue weighted by Gasteiger charge is 2.12. The van der Waals surface area contributed by atoms with Crippen molar-refractivity contribution in [3.8, 4) is 5.75 Å². The number of likely N-dealkylation sites (N-methyl/N-ethyl adjacent to an activating group) is 1. The van der Waals surface area contributed by atoms with Crippen molar-refractivity contribution >= 4 is 5.78 Å². The van der Waals surface area contributed by atoms with Crippen LogP contribution in [0.4, 0.5) is 0 Å². The quantitative estimate of drug-likeness (QED) is 0.735. The second-order valence-electron chi connectivity index (χ2n) is 3.11. The molecular formula is C11H15NO2. The SMILES string of the molecule is CNCC(=O)c1cccc(C)c1OC. The minimum absolute atomic E-state index is 0.0491. The molecule has 0 bridgehead atoms. The number of Topliss-reactive ketones (excluding diaryl/α,β-unsaturated/α-hetero) is 1. The zero-order chi connectivity index (χ0) is 10.6. The van der Waals surface area contributed by atoms with E-state index in [1.165, 1.54) is 0 Å². The van der Waals surface area contributed by atoms with Crippen LogP contribution in [0.2, 0.25) is 0 Å². The van der Waals surface area contributed by atoms with E-state index < -0.39 is 0 Å². The first-order valence-electron chi connectivity index (χ1n) is 4.52. The fraction of sp³-hybridized carbons (Fsp3) is 0.364. The lowest BCUT2D eigenvalue weighted by Gasteiger charge is -2.09. The Kier molecular flexibility index (Phi) is 3.65. The van der Waals surface area contributed by atoms with Crippen LogP contribution in [0.1, 0.15) is 15.9 Å². The molecule has 0 radical (unpaired) electrons. The number of benzene rings is 1. The van der Waals surface area contributed by atoms with Gasteiger partial charge in [-0.3, -0.25) is 4.79 Å². The van der Waals surface area contributed by atoms with Gasteiger partial charge in [0.2, 0.25) is 0 Å². The van der Waals surface area contributed by atoms with Crippen molar-refractivity contribution in [3.63, 3.8) is 0 Å². The summed E-state index contributed by atoms with van der Waals surface area (Å²) in [6.07, 6.45) is 0. The van der Waals surface area contributed by atoms with Gasteiger partial charge in [0.15, 0.2) is 5.78 Å². The molecule has 0 aliphatic rings. The van der Waals surface area contributed by atoms with E-state index in [0.29, 0.717) is 17.9 Å². The molecule has 0 spiro atoms. The van der Waals surface area contributed by atoms with Gasteiger partial charge in [0.25, 0.3) is 0 Å². The summed E-state index contributed by atoms with van der Waals surface area (Å²) >= 11 is 0. The lowest BCUT2D eigenvalue weighted by atomic mass is 10.1.